The van der Waals surface area contributed by atoms with E-state index in [1.807, 2.05) is 0 Å². The van der Waals surface area contributed by atoms with Gasteiger partial charge in [0.15, 0.2) is 5.82 Å². The summed E-state index contributed by atoms with van der Waals surface area (Å²) in [5.74, 6) is 0.175. The third-order valence-electron chi connectivity index (χ3n) is 2.29. The molecular weight excluding hydrogens is 252 g/mol. The van der Waals surface area contributed by atoms with Crippen LogP contribution < -0.4 is 10.5 Å². The summed E-state index contributed by atoms with van der Waals surface area (Å²) in [7, 11) is -3.67. The summed E-state index contributed by atoms with van der Waals surface area (Å²) in [5.41, 5.74) is 6.68. The minimum atomic E-state index is -3.67. The molecule has 0 radical (unpaired) electrons. The third kappa shape index (κ3) is 2.57. The van der Waals surface area contributed by atoms with Crippen molar-refractivity contribution in [1.82, 2.24) is 9.97 Å². The van der Waals surface area contributed by atoms with Gasteiger partial charge in [-0.2, -0.15) is 0 Å². The highest BCUT2D eigenvalue weighted by atomic mass is 32.2. The molecule has 0 saturated heterocycles. The summed E-state index contributed by atoms with van der Waals surface area (Å²) in [6.07, 6.45) is 4.21. The number of benzene rings is 1. The summed E-state index contributed by atoms with van der Waals surface area (Å²) >= 11 is 0. The average Bonchev–Trinajstić information content (AvgIpc) is 2.29. The number of nitrogen functional groups attached to an aromatic ring is 1. The fourth-order valence-corrected chi connectivity index (χ4v) is 2.74. The van der Waals surface area contributed by atoms with Crippen LogP contribution in [0.1, 0.15) is 5.56 Å². The predicted octanol–water partition coefficient (Wildman–Crippen LogP) is 1.17. The van der Waals surface area contributed by atoms with Crippen molar-refractivity contribution in [3.05, 3.63) is 42.4 Å². The second kappa shape index (κ2) is 4.61. The second-order valence-corrected chi connectivity index (χ2v) is 5.37. The molecule has 7 heteroatoms. The molecule has 0 unspecified atom stereocenters. The minimum absolute atomic E-state index is 0.169. The predicted molar refractivity (Wildman–Crippen MR) is 68.4 cm³/mol. The van der Waals surface area contributed by atoms with Gasteiger partial charge in [-0.25, -0.2) is 13.4 Å². The van der Waals surface area contributed by atoms with Gasteiger partial charge in [0.1, 0.15) is 0 Å². The molecular formula is C11H12N4O2S. The largest absolute Gasteiger partial charge is 0.399 e. The number of rotatable bonds is 3. The molecule has 0 spiro atoms. The summed E-state index contributed by atoms with van der Waals surface area (Å²) in [4.78, 5) is 7.82. The average molecular weight is 264 g/mol. The molecule has 94 valence electrons. The van der Waals surface area contributed by atoms with Crippen molar-refractivity contribution in [1.29, 1.82) is 0 Å². The molecule has 2 aromatic rings. The van der Waals surface area contributed by atoms with Gasteiger partial charge >= 0.3 is 0 Å². The van der Waals surface area contributed by atoms with Crippen LogP contribution in [0, 0.1) is 6.92 Å². The quantitative estimate of drug-likeness (QED) is 0.811. The molecule has 0 atom stereocenters. The first-order valence-corrected chi connectivity index (χ1v) is 6.62. The molecule has 3 N–H and O–H groups in total. The van der Waals surface area contributed by atoms with E-state index in [2.05, 4.69) is 14.7 Å². The Labute approximate surface area is 105 Å². The van der Waals surface area contributed by atoms with E-state index in [0.717, 1.165) is 0 Å². The number of aryl methyl sites for hydroxylation is 1. The molecule has 1 aromatic heterocycles. The Morgan fingerprint density at radius 1 is 1.28 bits per heavy atom. The Morgan fingerprint density at radius 3 is 2.67 bits per heavy atom. The maximum atomic E-state index is 12.1. The van der Waals surface area contributed by atoms with Gasteiger partial charge in [0.25, 0.3) is 10.0 Å². The van der Waals surface area contributed by atoms with Crippen molar-refractivity contribution >= 4 is 21.5 Å². The maximum absolute atomic E-state index is 12.1. The Kier molecular flexibility index (Phi) is 3.15. The van der Waals surface area contributed by atoms with E-state index in [0.29, 0.717) is 11.3 Å². The molecule has 0 aliphatic heterocycles. The summed E-state index contributed by atoms with van der Waals surface area (Å²) in [6, 6.07) is 4.60. The zero-order chi connectivity index (χ0) is 13.2. The smallest absolute Gasteiger partial charge is 0.263 e. The fourth-order valence-electron chi connectivity index (χ4n) is 1.52. The van der Waals surface area contributed by atoms with E-state index < -0.39 is 10.0 Å². The van der Waals surface area contributed by atoms with Gasteiger partial charge in [-0.3, -0.25) is 9.71 Å². The van der Waals surface area contributed by atoms with Gasteiger partial charge in [0.2, 0.25) is 0 Å². The van der Waals surface area contributed by atoms with Gasteiger partial charge in [-0.1, -0.05) is 0 Å². The number of hydrogen-bond acceptors (Lipinski definition) is 5. The van der Waals surface area contributed by atoms with Gasteiger partial charge in [-0.05, 0) is 30.7 Å². The van der Waals surface area contributed by atoms with Crippen molar-refractivity contribution in [2.24, 2.45) is 0 Å². The standard InChI is InChI=1S/C11H12N4O2S/c1-8-6-9(12)2-3-10(8)18(16,17)15-11-7-13-4-5-14-11/h2-7H,12H2,1H3,(H,14,15). The Hall–Kier alpha value is -2.15. The van der Waals surface area contributed by atoms with E-state index in [9.17, 15) is 8.42 Å². The highest BCUT2D eigenvalue weighted by Crippen LogP contribution is 2.19. The summed E-state index contributed by atoms with van der Waals surface area (Å²) in [6.45, 7) is 1.68. The lowest BCUT2D eigenvalue weighted by molar-refractivity contribution is 0.600. The Morgan fingerprint density at radius 2 is 2.06 bits per heavy atom. The monoisotopic (exact) mass is 264 g/mol. The lowest BCUT2D eigenvalue weighted by Gasteiger charge is -2.09. The number of anilines is 2. The first kappa shape index (κ1) is 12.3. The maximum Gasteiger partial charge on any atom is 0.263 e. The third-order valence-corrected chi connectivity index (χ3v) is 3.81. The Bertz CT molecular complexity index is 656. The van der Waals surface area contributed by atoms with Crippen molar-refractivity contribution in [2.45, 2.75) is 11.8 Å². The van der Waals surface area contributed by atoms with Gasteiger partial charge in [0, 0.05) is 18.1 Å². The molecule has 1 heterocycles. The van der Waals surface area contributed by atoms with Crippen LogP contribution in [0.3, 0.4) is 0 Å². The fraction of sp³-hybridized carbons (Fsp3) is 0.0909. The number of nitrogens with one attached hydrogen (secondary N) is 1. The van der Waals surface area contributed by atoms with Crippen LogP contribution in [0.4, 0.5) is 11.5 Å². The molecule has 0 aliphatic rings. The van der Waals surface area contributed by atoms with Crippen LogP contribution in [0.2, 0.25) is 0 Å². The Balaban J connectivity index is 2.37. The zero-order valence-corrected chi connectivity index (χ0v) is 10.5. The van der Waals surface area contributed by atoms with Gasteiger partial charge in [-0.15, -0.1) is 0 Å². The SMILES string of the molecule is Cc1cc(N)ccc1S(=O)(=O)Nc1cnccn1. The highest BCUT2D eigenvalue weighted by molar-refractivity contribution is 7.92. The lowest BCUT2D eigenvalue weighted by Crippen LogP contribution is -2.15. The molecule has 0 bridgehead atoms. The molecule has 6 nitrogen and oxygen atoms in total. The van der Waals surface area contributed by atoms with E-state index in [4.69, 9.17) is 5.73 Å². The molecule has 18 heavy (non-hydrogen) atoms. The second-order valence-electron chi connectivity index (χ2n) is 3.72. The van der Waals surface area contributed by atoms with E-state index in [1.54, 1.807) is 13.0 Å². The van der Waals surface area contributed by atoms with Crippen molar-refractivity contribution in [3.63, 3.8) is 0 Å². The number of sulfonamides is 1. The van der Waals surface area contributed by atoms with Crippen molar-refractivity contribution in [3.8, 4) is 0 Å². The van der Waals surface area contributed by atoms with E-state index in [-0.39, 0.29) is 10.7 Å². The summed E-state index contributed by atoms with van der Waals surface area (Å²) in [5, 5.41) is 0. The molecule has 1 aromatic carbocycles. The number of aromatic nitrogens is 2. The minimum Gasteiger partial charge on any atom is -0.399 e. The van der Waals surface area contributed by atoms with E-state index >= 15 is 0 Å². The number of hydrogen-bond donors (Lipinski definition) is 2. The molecule has 0 saturated carbocycles. The van der Waals surface area contributed by atoms with Crippen LogP contribution in [-0.4, -0.2) is 18.4 Å². The van der Waals surface area contributed by atoms with Gasteiger partial charge < -0.3 is 5.73 Å². The lowest BCUT2D eigenvalue weighted by atomic mass is 10.2. The van der Waals surface area contributed by atoms with Gasteiger partial charge in [0.05, 0.1) is 11.1 Å². The molecule has 0 aliphatic carbocycles. The number of nitrogens with two attached hydrogens (primary N) is 1. The van der Waals surface area contributed by atoms with E-state index in [1.165, 1.54) is 30.7 Å². The van der Waals surface area contributed by atoms with Crippen LogP contribution in [0.15, 0.2) is 41.7 Å². The topological polar surface area (TPSA) is 98.0 Å². The first-order chi connectivity index (χ1) is 8.49. The highest BCUT2D eigenvalue weighted by Gasteiger charge is 2.17. The summed E-state index contributed by atoms with van der Waals surface area (Å²) < 4.78 is 26.6. The van der Waals surface area contributed by atoms with Crippen LogP contribution >= 0.6 is 0 Å². The normalized spacial score (nSPS) is 11.2. The molecule has 0 amide bonds. The molecule has 2 rings (SSSR count). The number of nitrogens with zero attached hydrogens (tertiary/aromatic N) is 2. The zero-order valence-electron chi connectivity index (χ0n) is 9.66. The molecule has 0 fully saturated rings. The van der Waals surface area contributed by atoms with Crippen LogP contribution in [0.25, 0.3) is 0 Å². The van der Waals surface area contributed by atoms with Crippen LogP contribution in [-0.2, 0) is 10.0 Å². The first-order valence-electron chi connectivity index (χ1n) is 5.14. The van der Waals surface area contributed by atoms with Crippen LogP contribution in [0.5, 0.6) is 0 Å². The van der Waals surface area contributed by atoms with Crippen molar-refractivity contribution < 1.29 is 8.42 Å². The van der Waals surface area contributed by atoms with Crippen molar-refractivity contribution in [2.75, 3.05) is 10.5 Å².